The third-order valence-electron chi connectivity index (χ3n) is 3.19. The average molecular weight is 202 g/mol. The Morgan fingerprint density at radius 3 is 2.73 bits per heavy atom. The summed E-state index contributed by atoms with van der Waals surface area (Å²) in [5, 5.41) is 0. The number of hydrogen-bond acceptors (Lipinski definition) is 1. The van der Waals surface area contributed by atoms with Gasteiger partial charge in [-0.05, 0) is 36.0 Å². The van der Waals surface area contributed by atoms with E-state index < -0.39 is 0 Å². The molecule has 0 aliphatic heterocycles. The summed E-state index contributed by atoms with van der Waals surface area (Å²) in [6.45, 7) is 3.94. The molecular formula is C14H18O. The highest BCUT2D eigenvalue weighted by Gasteiger charge is 2.13. The van der Waals surface area contributed by atoms with Gasteiger partial charge in [0.05, 0.1) is 0 Å². The van der Waals surface area contributed by atoms with E-state index in [9.17, 15) is 4.79 Å². The van der Waals surface area contributed by atoms with E-state index in [2.05, 4.69) is 18.2 Å². The molecule has 0 atom stereocenters. The molecule has 0 N–H and O–H groups in total. The summed E-state index contributed by atoms with van der Waals surface area (Å²) in [5.74, 6) is 0.492. The summed E-state index contributed by atoms with van der Waals surface area (Å²) in [7, 11) is 0. The van der Waals surface area contributed by atoms with E-state index in [4.69, 9.17) is 0 Å². The first kappa shape index (κ1) is 10.4. The maximum Gasteiger partial charge on any atom is 0.139 e. The van der Waals surface area contributed by atoms with Gasteiger partial charge in [0.15, 0.2) is 0 Å². The topological polar surface area (TPSA) is 17.1 Å². The molecule has 0 bridgehead atoms. The van der Waals surface area contributed by atoms with Gasteiger partial charge in [-0.15, -0.1) is 0 Å². The molecule has 0 saturated carbocycles. The molecule has 1 aromatic carbocycles. The molecule has 2 rings (SSSR count). The minimum absolute atomic E-state index is 0.151. The minimum Gasteiger partial charge on any atom is -0.299 e. The largest absolute Gasteiger partial charge is 0.299 e. The fourth-order valence-corrected chi connectivity index (χ4v) is 2.14. The molecule has 0 unspecified atom stereocenters. The van der Waals surface area contributed by atoms with Crippen LogP contribution in [0.2, 0.25) is 0 Å². The second-order valence-corrected chi connectivity index (χ2v) is 4.75. The van der Waals surface area contributed by atoms with Crippen molar-refractivity contribution in [3.05, 3.63) is 34.9 Å². The Morgan fingerprint density at radius 1 is 1.27 bits per heavy atom. The SMILES string of the molecule is CC(C)C(=O)Cc1ccc2c(c1)CCC2. The van der Waals surface area contributed by atoms with Crippen molar-refractivity contribution in [3.8, 4) is 0 Å². The molecule has 1 nitrogen and oxygen atoms in total. The Labute approximate surface area is 91.5 Å². The first-order valence-electron chi connectivity index (χ1n) is 5.80. The van der Waals surface area contributed by atoms with Crippen molar-refractivity contribution < 1.29 is 4.79 Å². The predicted molar refractivity (Wildman–Crippen MR) is 62.0 cm³/mol. The highest BCUT2D eigenvalue weighted by Crippen LogP contribution is 2.23. The van der Waals surface area contributed by atoms with Gasteiger partial charge < -0.3 is 0 Å². The second kappa shape index (κ2) is 4.18. The number of carbonyl (C=O) groups excluding carboxylic acids is 1. The molecule has 1 aromatic rings. The van der Waals surface area contributed by atoms with E-state index in [1.807, 2.05) is 13.8 Å². The van der Waals surface area contributed by atoms with Crippen LogP contribution in [0.15, 0.2) is 18.2 Å². The molecule has 0 heterocycles. The van der Waals surface area contributed by atoms with Crippen LogP contribution in [0.5, 0.6) is 0 Å². The molecular weight excluding hydrogens is 184 g/mol. The summed E-state index contributed by atoms with van der Waals surface area (Å²) < 4.78 is 0. The Morgan fingerprint density at radius 2 is 2.00 bits per heavy atom. The highest BCUT2D eigenvalue weighted by atomic mass is 16.1. The summed E-state index contributed by atoms with van der Waals surface area (Å²) in [6.07, 6.45) is 4.29. The first-order valence-corrected chi connectivity index (χ1v) is 5.80. The van der Waals surface area contributed by atoms with E-state index in [0.29, 0.717) is 12.2 Å². The maximum atomic E-state index is 11.6. The van der Waals surface area contributed by atoms with E-state index in [1.165, 1.54) is 36.0 Å². The van der Waals surface area contributed by atoms with E-state index in [0.717, 1.165) is 0 Å². The second-order valence-electron chi connectivity index (χ2n) is 4.75. The predicted octanol–water partition coefficient (Wildman–Crippen LogP) is 2.94. The van der Waals surface area contributed by atoms with Crippen LogP contribution in [0.1, 0.15) is 37.0 Å². The van der Waals surface area contributed by atoms with Crippen LogP contribution in [0.4, 0.5) is 0 Å². The molecule has 0 aromatic heterocycles. The lowest BCUT2D eigenvalue weighted by molar-refractivity contribution is -0.121. The lowest BCUT2D eigenvalue weighted by atomic mass is 9.98. The van der Waals surface area contributed by atoms with E-state index >= 15 is 0 Å². The molecule has 80 valence electrons. The van der Waals surface area contributed by atoms with E-state index in [1.54, 1.807) is 0 Å². The summed E-state index contributed by atoms with van der Waals surface area (Å²) >= 11 is 0. The maximum absolute atomic E-state index is 11.6. The summed E-state index contributed by atoms with van der Waals surface area (Å²) in [5.41, 5.74) is 4.13. The number of hydrogen-bond donors (Lipinski definition) is 0. The van der Waals surface area contributed by atoms with Crippen LogP contribution in [0.3, 0.4) is 0 Å². The molecule has 0 saturated heterocycles. The van der Waals surface area contributed by atoms with Gasteiger partial charge in [-0.1, -0.05) is 32.0 Å². The lowest BCUT2D eigenvalue weighted by Gasteiger charge is -2.06. The molecule has 15 heavy (non-hydrogen) atoms. The summed E-state index contributed by atoms with van der Waals surface area (Å²) in [4.78, 5) is 11.6. The van der Waals surface area contributed by atoms with Gasteiger partial charge in [0.2, 0.25) is 0 Å². The van der Waals surface area contributed by atoms with Crippen molar-refractivity contribution in [3.63, 3.8) is 0 Å². The highest BCUT2D eigenvalue weighted by molar-refractivity contribution is 5.82. The van der Waals surface area contributed by atoms with Gasteiger partial charge in [0.25, 0.3) is 0 Å². The monoisotopic (exact) mass is 202 g/mol. The van der Waals surface area contributed by atoms with Crippen molar-refractivity contribution in [1.82, 2.24) is 0 Å². The molecule has 1 heteroatoms. The average Bonchev–Trinajstić information content (AvgIpc) is 2.64. The Hall–Kier alpha value is -1.11. The number of benzene rings is 1. The molecule has 1 aliphatic rings. The number of ketones is 1. The number of fused-ring (bicyclic) bond motifs is 1. The van der Waals surface area contributed by atoms with Gasteiger partial charge in [-0.2, -0.15) is 0 Å². The van der Waals surface area contributed by atoms with Gasteiger partial charge >= 0.3 is 0 Å². The smallest absolute Gasteiger partial charge is 0.139 e. The molecule has 0 amide bonds. The van der Waals surface area contributed by atoms with Crippen molar-refractivity contribution in [1.29, 1.82) is 0 Å². The van der Waals surface area contributed by atoms with Crippen LogP contribution >= 0.6 is 0 Å². The van der Waals surface area contributed by atoms with Crippen LogP contribution in [-0.2, 0) is 24.1 Å². The third kappa shape index (κ3) is 2.28. The fraction of sp³-hybridized carbons (Fsp3) is 0.500. The lowest BCUT2D eigenvalue weighted by Crippen LogP contribution is -2.10. The zero-order valence-corrected chi connectivity index (χ0v) is 9.55. The Bertz CT molecular complexity index is 377. The molecule has 0 fully saturated rings. The van der Waals surface area contributed by atoms with E-state index in [-0.39, 0.29) is 5.92 Å². The zero-order chi connectivity index (χ0) is 10.8. The zero-order valence-electron chi connectivity index (χ0n) is 9.55. The Kier molecular flexibility index (Phi) is 2.90. The van der Waals surface area contributed by atoms with Crippen molar-refractivity contribution in [2.24, 2.45) is 5.92 Å². The molecule has 0 spiro atoms. The van der Waals surface area contributed by atoms with Crippen LogP contribution in [-0.4, -0.2) is 5.78 Å². The number of rotatable bonds is 3. The molecule has 1 aliphatic carbocycles. The molecule has 0 radical (unpaired) electrons. The normalized spacial score (nSPS) is 14.3. The van der Waals surface area contributed by atoms with Crippen molar-refractivity contribution in [2.75, 3.05) is 0 Å². The number of aryl methyl sites for hydroxylation is 2. The summed E-state index contributed by atoms with van der Waals surface area (Å²) in [6, 6.07) is 6.54. The minimum atomic E-state index is 0.151. The van der Waals surface area contributed by atoms with Gasteiger partial charge in [0.1, 0.15) is 5.78 Å². The first-order chi connectivity index (χ1) is 7.16. The number of Topliss-reactive ketones (excluding diaryl/α,β-unsaturated/α-hetero) is 1. The van der Waals surface area contributed by atoms with Gasteiger partial charge in [-0.25, -0.2) is 0 Å². The van der Waals surface area contributed by atoms with Gasteiger partial charge in [0, 0.05) is 12.3 Å². The fourth-order valence-electron chi connectivity index (χ4n) is 2.14. The van der Waals surface area contributed by atoms with Gasteiger partial charge in [-0.3, -0.25) is 4.79 Å². The Balaban J connectivity index is 2.13. The third-order valence-corrected chi connectivity index (χ3v) is 3.19. The number of carbonyl (C=O) groups is 1. The van der Waals surface area contributed by atoms with Crippen molar-refractivity contribution in [2.45, 2.75) is 39.5 Å². The van der Waals surface area contributed by atoms with Crippen LogP contribution in [0.25, 0.3) is 0 Å². The van der Waals surface area contributed by atoms with Crippen molar-refractivity contribution >= 4 is 5.78 Å². The quantitative estimate of drug-likeness (QED) is 0.736. The van der Waals surface area contributed by atoms with Crippen LogP contribution < -0.4 is 0 Å². The standard InChI is InChI=1S/C14H18O/c1-10(2)14(15)9-11-6-7-12-4-3-5-13(12)8-11/h6-8,10H,3-5,9H2,1-2H3. The van der Waals surface area contributed by atoms with Crippen LogP contribution in [0, 0.1) is 5.92 Å².